The first-order valence-electron chi connectivity index (χ1n) is 7.52. The number of carbonyl (C=O) groups excluding carboxylic acids is 1. The molecular weight excluding hydrogens is 282 g/mol. The highest BCUT2D eigenvalue weighted by Crippen LogP contribution is 2.25. The normalized spacial score (nSPS) is 17.2. The molecule has 1 atom stereocenters. The zero-order chi connectivity index (χ0) is 16.1. The van der Waals surface area contributed by atoms with Gasteiger partial charge in [-0.05, 0) is 25.1 Å². The van der Waals surface area contributed by atoms with E-state index in [9.17, 15) is 4.79 Å². The van der Waals surface area contributed by atoms with Gasteiger partial charge in [-0.3, -0.25) is 9.69 Å². The fourth-order valence-corrected chi connectivity index (χ4v) is 2.66. The predicted molar refractivity (Wildman–Crippen MR) is 85.1 cm³/mol. The molecule has 0 bridgehead atoms. The molecule has 1 unspecified atom stereocenters. The van der Waals surface area contributed by atoms with Crippen LogP contribution in [0.2, 0.25) is 0 Å². The van der Waals surface area contributed by atoms with Gasteiger partial charge in [-0.2, -0.15) is 0 Å². The third-order valence-corrected chi connectivity index (χ3v) is 3.96. The van der Waals surface area contributed by atoms with Gasteiger partial charge in [0.15, 0.2) is 0 Å². The number of hydrogen-bond acceptors (Lipinski definition) is 5. The number of rotatable bonds is 5. The monoisotopic (exact) mass is 307 g/mol. The summed E-state index contributed by atoms with van der Waals surface area (Å²) in [5.74, 6) is 1.70. The Kier molecular flexibility index (Phi) is 5.63. The summed E-state index contributed by atoms with van der Waals surface area (Å²) in [6.45, 7) is 5.60. The van der Waals surface area contributed by atoms with E-state index in [1.807, 2.05) is 23.1 Å². The molecule has 0 aliphatic carbocycles. The lowest BCUT2D eigenvalue weighted by atomic mass is 10.1. The van der Waals surface area contributed by atoms with E-state index in [-0.39, 0.29) is 5.91 Å². The van der Waals surface area contributed by atoms with E-state index < -0.39 is 6.04 Å². The van der Waals surface area contributed by atoms with E-state index in [2.05, 4.69) is 4.90 Å². The Balaban J connectivity index is 1.97. The zero-order valence-corrected chi connectivity index (χ0v) is 13.5. The van der Waals surface area contributed by atoms with E-state index >= 15 is 0 Å². The van der Waals surface area contributed by atoms with Crippen LogP contribution < -0.4 is 15.2 Å². The molecule has 1 aliphatic rings. The highest BCUT2D eigenvalue weighted by Gasteiger charge is 2.23. The minimum absolute atomic E-state index is 0.0265. The molecule has 2 rings (SSSR count). The van der Waals surface area contributed by atoms with Crippen molar-refractivity contribution in [3.8, 4) is 11.5 Å². The fraction of sp³-hybridized carbons (Fsp3) is 0.562. The maximum Gasteiger partial charge on any atom is 0.239 e. The summed E-state index contributed by atoms with van der Waals surface area (Å²) >= 11 is 0. The van der Waals surface area contributed by atoms with Crippen LogP contribution in [0.15, 0.2) is 18.2 Å². The van der Waals surface area contributed by atoms with Crippen LogP contribution in [0.25, 0.3) is 0 Å². The van der Waals surface area contributed by atoms with Crippen molar-refractivity contribution >= 4 is 5.91 Å². The SMILES string of the molecule is COc1ccc(OC)c(CN2CCN(C(=O)C(C)N)CC2)c1. The van der Waals surface area contributed by atoms with Crippen molar-refractivity contribution in [3.05, 3.63) is 23.8 Å². The van der Waals surface area contributed by atoms with E-state index in [1.165, 1.54) is 0 Å². The van der Waals surface area contributed by atoms with Gasteiger partial charge in [0.2, 0.25) is 5.91 Å². The van der Waals surface area contributed by atoms with Crippen LogP contribution >= 0.6 is 0 Å². The first-order valence-corrected chi connectivity index (χ1v) is 7.52. The Bertz CT molecular complexity index is 511. The lowest BCUT2D eigenvalue weighted by Crippen LogP contribution is -2.52. The summed E-state index contributed by atoms with van der Waals surface area (Å²) in [5.41, 5.74) is 6.75. The number of hydrogen-bond donors (Lipinski definition) is 1. The van der Waals surface area contributed by atoms with Crippen LogP contribution in [0.4, 0.5) is 0 Å². The standard InChI is InChI=1S/C16H25N3O3/c1-12(17)16(20)19-8-6-18(7-9-19)11-13-10-14(21-2)4-5-15(13)22-3/h4-5,10,12H,6-9,11,17H2,1-3H3. The molecule has 0 spiro atoms. The van der Waals surface area contributed by atoms with Crippen molar-refractivity contribution in [2.75, 3.05) is 40.4 Å². The van der Waals surface area contributed by atoms with Gasteiger partial charge in [-0.25, -0.2) is 0 Å². The molecule has 1 fully saturated rings. The van der Waals surface area contributed by atoms with Gasteiger partial charge in [-0.1, -0.05) is 0 Å². The van der Waals surface area contributed by atoms with Crippen LogP contribution in [0, 0.1) is 0 Å². The fourth-order valence-electron chi connectivity index (χ4n) is 2.66. The van der Waals surface area contributed by atoms with E-state index in [0.717, 1.165) is 36.7 Å². The number of ether oxygens (including phenoxy) is 2. The van der Waals surface area contributed by atoms with Gasteiger partial charge in [0.1, 0.15) is 11.5 Å². The summed E-state index contributed by atoms with van der Waals surface area (Å²) < 4.78 is 10.7. The Labute approximate surface area is 131 Å². The quantitative estimate of drug-likeness (QED) is 0.867. The average molecular weight is 307 g/mol. The van der Waals surface area contributed by atoms with Crippen molar-refractivity contribution in [1.29, 1.82) is 0 Å². The number of carbonyl (C=O) groups is 1. The van der Waals surface area contributed by atoms with Crippen molar-refractivity contribution in [3.63, 3.8) is 0 Å². The summed E-state index contributed by atoms with van der Waals surface area (Å²) in [7, 11) is 3.33. The van der Waals surface area contributed by atoms with Crippen molar-refractivity contribution in [2.24, 2.45) is 5.73 Å². The summed E-state index contributed by atoms with van der Waals surface area (Å²) in [4.78, 5) is 16.0. The maximum absolute atomic E-state index is 11.9. The molecule has 6 nitrogen and oxygen atoms in total. The van der Waals surface area contributed by atoms with Crippen molar-refractivity contribution < 1.29 is 14.3 Å². The number of amides is 1. The molecule has 1 saturated heterocycles. The van der Waals surface area contributed by atoms with Crippen LogP contribution in [0.3, 0.4) is 0 Å². The number of nitrogens with zero attached hydrogens (tertiary/aromatic N) is 2. The Morgan fingerprint density at radius 1 is 1.23 bits per heavy atom. The molecule has 1 heterocycles. The average Bonchev–Trinajstić information content (AvgIpc) is 2.54. The first-order chi connectivity index (χ1) is 10.5. The van der Waals surface area contributed by atoms with Crippen molar-refractivity contribution in [2.45, 2.75) is 19.5 Å². The number of piperazine rings is 1. The van der Waals surface area contributed by atoms with Gasteiger partial charge >= 0.3 is 0 Å². The highest BCUT2D eigenvalue weighted by molar-refractivity contribution is 5.81. The molecule has 6 heteroatoms. The first kappa shape index (κ1) is 16.6. The van der Waals surface area contributed by atoms with Gasteiger partial charge in [0.05, 0.1) is 20.3 Å². The van der Waals surface area contributed by atoms with Crippen LogP contribution in [-0.2, 0) is 11.3 Å². The molecule has 2 N–H and O–H groups in total. The van der Waals surface area contributed by atoms with Crippen LogP contribution in [-0.4, -0.2) is 62.1 Å². The second kappa shape index (κ2) is 7.47. The molecule has 0 aromatic heterocycles. The predicted octanol–water partition coefficient (Wildman–Crippen LogP) is 0.695. The number of benzene rings is 1. The summed E-state index contributed by atoms with van der Waals surface area (Å²) in [6.07, 6.45) is 0. The number of methoxy groups -OCH3 is 2. The molecule has 1 aliphatic heterocycles. The topological polar surface area (TPSA) is 68.0 Å². The second-order valence-electron chi connectivity index (χ2n) is 5.57. The van der Waals surface area contributed by atoms with Crippen LogP contribution in [0.5, 0.6) is 11.5 Å². The van der Waals surface area contributed by atoms with Gasteiger partial charge < -0.3 is 20.1 Å². The molecule has 1 aromatic carbocycles. The molecule has 0 saturated carbocycles. The van der Waals surface area contributed by atoms with Gasteiger partial charge in [0, 0.05) is 38.3 Å². The van der Waals surface area contributed by atoms with Crippen LogP contribution in [0.1, 0.15) is 12.5 Å². The molecule has 1 aromatic rings. The van der Waals surface area contributed by atoms with E-state index in [0.29, 0.717) is 13.1 Å². The second-order valence-corrected chi connectivity index (χ2v) is 5.57. The Morgan fingerprint density at radius 2 is 1.91 bits per heavy atom. The van der Waals surface area contributed by atoms with E-state index in [4.69, 9.17) is 15.2 Å². The van der Waals surface area contributed by atoms with Crippen molar-refractivity contribution in [1.82, 2.24) is 9.80 Å². The molecule has 1 amide bonds. The zero-order valence-electron chi connectivity index (χ0n) is 13.5. The Hall–Kier alpha value is -1.79. The lowest BCUT2D eigenvalue weighted by molar-refractivity contribution is -0.134. The van der Waals surface area contributed by atoms with Gasteiger partial charge in [-0.15, -0.1) is 0 Å². The third kappa shape index (κ3) is 3.90. The Morgan fingerprint density at radius 3 is 2.45 bits per heavy atom. The molecular formula is C16H25N3O3. The molecule has 122 valence electrons. The van der Waals surface area contributed by atoms with Gasteiger partial charge in [0.25, 0.3) is 0 Å². The largest absolute Gasteiger partial charge is 0.497 e. The van der Waals surface area contributed by atoms with E-state index in [1.54, 1.807) is 21.1 Å². The molecule has 0 radical (unpaired) electrons. The highest BCUT2D eigenvalue weighted by atomic mass is 16.5. The smallest absolute Gasteiger partial charge is 0.239 e. The summed E-state index contributed by atoms with van der Waals surface area (Å²) in [5, 5.41) is 0. The lowest BCUT2D eigenvalue weighted by Gasteiger charge is -2.35. The third-order valence-electron chi connectivity index (χ3n) is 3.96. The minimum atomic E-state index is -0.426. The number of nitrogens with two attached hydrogens (primary N) is 1. The summed E-state index contributed by atoms with van der Waals surface area (Å²) in [6, 6.07) is 5.38. The maximum atomic E-state index is 11.9. The minimum Gasteiger partial charge on any atom is -0.497 e. The molecule has 22 heavy (non-hydrogen) atoms.